The average molecular weight is 395 g/mol. The summed E-state index contributed by atoms with van der Waals surface area (Å²) in [7, 11) is 0. The van der Waals surface area contributed by atoms with E-state index in [1.807, 2.05) is 0 Å². The van der Waals surface area contributed by atoms with Gasteiger partial charge in [-0.2, -0.15) is 0 Å². The van der Waals surface area contributed by atoms with Gasteiger partial charge in [0.25, 0.3) is 0 Å². The molecule has 0 aliphatic rings. The Morgan fingerprint density at radius 2 is 1.11 bits per heavy atom. The minimum Gasteiger partial charge on any atom is -0.462 e. The number of carbonyl (C=O) groups excluding carboxylic acids is 1. The first-order valence-electron chi connectivity index (χ1n) is 12.4. The van der Waals surface area contributed by atoms with Crippen molar-refractivity contribution in [2.45, 2.75) is 136 Å². The van der Waals surface area contributed by atoms with E-state index in [0.29, 0.717) is 12.2 Å². The molecular weight excluding hydrogens is 344 g/mol. The molecule has 0 amide bonds. The molecule has 0 aromatic carbocycles. The second-order valence-electron chi connectivity index (χ2n) is 8.90. The molecule has 1 atom stereocenters. The first-order valence-corrected chi connectivity index (χ1v) is 12.4. The molecule has 0 saturated carbocycles. The van der Waals surface area contributed by atoms with Gasteiger partial charge in [0, 0.05) is 5.57 Å². The highest BCUT2D eigenvalue weighted by atomic mass is 16.5. The molecule has 0 bridgehead atoms. The highest BCUT2D eigenvalue weighted by Crippen LogP contribution is 2.18. The lowest BCUT2D eigenvalue weighted by Gasteiger charge is -2.11. The molecule has 2 nitrogen and oxygen atoms in total. The van der Waals surface area contributed by atoms with Crippen LogP contribution in [0.2, 0.25) is 0 Å². The Morgan fingerprint density at radius 1 is 0.714 bits per heavy atom. The Kier molecular flexibility index (Phi) is 20.3. The van der Waals surface area contributed by atoms with Crippen LogP contribution >= 0.6 is 0 Å². The highest BCUT2D eigenvalue weighted by molar-refractivity contribution is 5.86. The molecule has 2 heteroatoms. The number of ether oxygens (including phenoxy) is 1. The number of esters is 1. The van der Waals surface area contributed by atoms with Crippen LogP contribution in [-0.2, 0) is 9.53 Å². The molecule has 0 saturated heterocycles. The predicted octanol–water partition coefficient (Wildman–Crippen LogP) is 8.78. The van der Waals surface area contributed by atoms with Crippen LogP contribution in [0.1, 0.15) is 136 Å². The lowest BCUT2D eigenvalue weighted by atomic mass is 9.96. The molecule has 0 heterocycles. The van der Waals surface area contributed by atoms with E-state index >= 15 is 0 Å². The fourth-order valence-corrected chi connectivity index (χ4v) is 3.71. The summed E-state index contributed by atoms with van der Waals surface area (Å²) in [6.07, 6.45) is 24.7. The fraction of sp³-hybridized carbons (Fsp3) is 0.885. The van der Waals surface area contributed by atoms with E-state index in [2.05, 4.69) is 20.4 Å². The second kappa shape index (κ2) is 20.9. The molecule has 0 rings (SSSR count). The number of carbonyl (C=O) groups is 1. The van der Waals surface area contributed by atoms with Gasteiger partial charge < -0.3 is 4.74 Å². The minimum absolute atomic E-state index is 0.254. The number of hydrogen-bond donors (Lipinski definition) is 0. The average Bonchev–Trinajstić information content (AvgIpc) is 2.67. The zero-order valence-electron chi connectivity index (χ0n) is 19.5. The molecule has 0 fully saturated rings. The molecule has 0 N–H and O–H groups in total. The SMILES string of the molecule is C=C(C)C(=O)OCCCCCCC(C)CCCCCCCCCCCCCC. The van der Waals surface area contributed by atoms with E-state index in [9.17, 15) is 4.79 Å². The van der Waals surface area contributed by atoms with Gasteiger partial charge in [-0.15, -0.1) is 0 Å². The Balaban J connectivity index is 3.22. The first-order chi connectivity index (χ1) is 13.6. The smallest absolute Gasteiger partial charge is 0.333 e. The maximum atomic E-state index is 11.3. The van der Waals surface area contributed by atoms with Crippen LogP contribution in [0.5, 0.6) is 0 Å². The van der Waals surface area contributed by atoms with E-state index in [-0.39, 0.29) is 5.97 Å². The van der Waals surface area contributed by atoms with Crippen LogP contribution in [0, 0.1) is 5.92 Å². The van der Waals surface area contributed by atoms with Crippen molar-refractivity contribution in [3.63, 3.8) is 0 Å². The summed E-state index contributed by atoms with van der Waals surface area (Å²) in [4.78, 5) is 11.3. The fourth-order valence-electron chi connectivity index (χ4n) is 3.71. The second-order valence-corrected chi connectivity index (χ2v) is 8.90. The van der Waals surface area contributed by atoms with Gasteiger partial charge in [0.15, 0.2) is 0 Å². The van der Waals surface area contributed by atoms with Crippen LogP contribution in [0.3, 0.4) is 0 Å². The Bertz CT molecular complexity index is 361. The van der Waals surface area contributed by atoms with E-state index in [1.165, 1.54) is 103 Å². The molecule has 166 valence electrons. The molecule has 28 heavy (non-hydrogen) atoms. The van der Waals surface area contributed by atoms with Crippen molar-refractivity contribution >= 4 is 5.97 Å². The van der Waals surface area contributed by atoms with Gasteiger partial charge in [-0.1, -0.05) is 130 Å². The van der Waals surface area contributed by atoms with Gasteiger partial charge in [-0.25, -0.2) is 4.79 Å². The van der Waals surface area contributed by atoms with Crippen LogP contribution in [0.4, 0.5) is 0 Å². The third kappa shape index (κ3) is 20.0. The van der Waals surface area contributed by atoms with Crippen LogP contribution in [-0.4, -0.2) is 12.6 Å². The largest absolute Gasteiger partial charge is 0.462 e. The first kappa shape index (κ1) is 27.2. The molecule has 0 aromatic heterocycles. The number of hydrogen-bond acceptors (Lipinski definition) is 2. The molecular formula is C26H50O2. The Labute approximate surface area is 176 Å². The lowest BCUT2D eigenvalue weighted by Crippen LogP contribution is -2.06. The third-order valence-corrected chi connectivity index (χ3v) is 5.72. The predicted molar refractivity (Wildman–Crippen MR) is 124 cm³/mol. The molecule has 0 aliphatic heterocycles. The summed E-state index contributed by atoms with van der Waals surface area (Å²) < 4.78 is 5.12. The van der Waals surface area contributed by atoms with Crippen molar-refractivity contribution in [1.29, 1.82) is 0 Å². The monoisotopic (exact) mass is 394 g/mol. The highest BCUT2D eigenvalue weighted by Gasteiger charge is 2.04. The minimum atomic E-state index is -0.254. The third-order valence-electron chi connectivity index (χ3n) is 5.72. The normalized spacial score (nSPS) is 12.1. The molecule has 0 spiro atoms. The zero-order chi connectivity index (χ0) is 20.9. The quantitative estimate of drug-likeness (QED) is 0.110. The molecule has 0 aromatic rings. The summed E-state index contributed by atoms with van der Waals surface area (Å²) >= 11 is 0. The van der Waals surface area contributed by atoms with Crippen LogP contribution < -0.4 is 0 Å². The van der Waals surface area contributed by atoms with Gasteiger partial charge in [0.05, 0.1) is 6.61 Å². The maximum Gasteiger partial charge on any atom is 0.333 e. The van der Waals surface area contributed by atoms with Crippen molar-refractivity contribution in [3.05, 3.63) is 12.2 Å². The van der Waals surface area contributed by atoms with Gasteiger partial charge in [0.1, 0.15) is 0 Å². The number of unbranched alkanes of at least 4 members (excludes halogenated alkanes) is 14. The summed E-state index contributed by atoms with van der Waals surface area (Å²) in [5, 5.41) is 0. The topological polar surface area (TPSA) is 26.3 Å². The summed E-state index contributed by atoms with van der Waals surface area (Å²) in [5.41, 5.74) is 0.492. The van der Waals surface area contributed by atoms with Gasteiger partial charge in [-0.3, -0.25) is 0 Å². The Hall–Kier alpha value is -0.790. The van der Waals surface area contributed by atoms with E-state index < -0.39 is 0 Å². The van der Waals surface area contributed by atoms with E-state index in [1.54, 1.807) is 6.92 Å². The number of rotatable bonds is 21. The van der Waals surface area contributed by atoms with Crippen molar-refractivity contribution < 1.29 is 9.53 Å². The zero-order valence-corrected chi connectivity index (χ0v) is 19.5. The van der Waals surface area contributed by atoms with Crippen molar-refractivity contribution in [2.75, 3.05) is 6.61 Å². The molecule has 0 aliphatic carbocycles. The maximum absolute atomic E-state index is 11.3. The van der Waals surface area contributed by atoms with E-state index in [4.69, 9.17) is 4.74 Å². The van der Waals surface area contributed by atoms with Crippen LogP contribution in [0.25, 0.3) is 0 Å². The van der Waals surface area contributed by atoms with E-state index in [0.717, 1.165) is 18.8 Å². The van der Waals surface area contributed by atoms with Crippen LogP contribution in [0.15, 0.2) is 12.2 Å². The van der Waals surface area contributed by atoms with Crippen molar-refractivity contribution in [3.8, 4) is 0 Å². The van der Waals surface area contributed by atoms with Gasteiger partial charge in [-0.05, 0) is 19.3 Å². The van der Waals surface area contributed by atoms with Gasteiger partial charge in [0.2, 0.25) is 0 Å². The van der Waals surface area contributed by atoms with Crippen molar-refractivity contribution in [2.24, 2.45) is 5.92 Å². The standard InChI is InChI=1S/C26H50O2/c1-5-6-7-8-9-10-11-12-13-14-15-18-21-25(4)22-19-16-17-20-23-28-26(27)24(2)3/h25H,2,5-23H2,1,3-4H3. The van der Waals surface area contributed by atoms with Crippen molar-refractivity contribution in [1.82, 2.24) is 0 Å². The lowest BCUT2D eigenvalue weighted by molar-refractivity contribution is -0.139. The van der Waals surface area contributed by atoms with Gasteiger partial charge >= 0.3 is 5.97 Å². The summed E-state index contributed by atoms with van der Waals surface area (Å²) in [5.74, 6) is 0.611. The summed E-state index contributed by atoms with van der Waals surface area (Å²) in [6, 6.07) is 0. The molecule has 1 unspecified atom stereocenters. The Morgan fingerprint density at radius 3 is 1.54 bits per heavy atom. The molecule has 0 radical (unpaired) electrons. The summed E-state index contributed by atoms with van der Waals surface area (Å²) in [6.45, 7) is 10.5.